The number of hydrogen-bond acceptors (Lipinski definition) is 1. The lowest BCUT2D eigenvalue weighted by Gasteiger charge is -2.53. The summed E-state index contributed by atoms with van der Waals surface area (Å²) in [6.45, 7) is 11.2. The Bertz CT molecular complexity index is 279. The third kappa shape index (κ3) is 2.07. The summed E-state index contributed by atoms with van der Waals surface area (Å²) in [6, 6.07) is 0. The highest BCUT2D eigenvalue weighted by molar-refractivity contribution is 5.13. The van der Waals surface area contributed by atoms with Gasteiger partial charge in [-0.2, -0.15) is 0 Å². The van der Waals surface area contributed by atoms with Crippen LogP contribution in [-0.4, -0.2) is 11.2 Å². The predicted octanol–water partition coefficient (Wildman–Crippen LogP) is 3.78. The van der Waals surface area contributed by atoms with Crippen LogP contribution in [-0.2, 0) is 0 Å². The Balaban J connectivity index is 2.09. The normalized spacial score (nSPS) is 43.6. The van der Waals surface area contributed by atoms with Crippen LogP contribution in [0.5, 0.6) is 0 Å². The van der Waals surface area contributed by atoms with E-state index in [4.69, 9.17) is 0 Å². The van der Waals surface area contributed by atoms with E-state index in [-0.39, 0.29) is 6.10 Å². The molecule has 0 heterocycles. The van der Waals surface area contributed by atoms with Crippen molar-refractivity contribution in [2.24, 2.45) is 23.2 Å². The molecule has 2 saturated carbocycles. The lowest BCUT2D eigenvalue weighted by atomic mass is 9.52. The lowest BCUT2D eigenvalue weighted by Crippen LogP contribution is -2.44. The van der Waals surface area contributed by atoms with Crippen LogP contribution in [0.3, 0.4) is 0 Å². The van der Waals surface area contributed by atoms with Crippen LogP contribution < -0.4 is 0 Å². The van der Waals surface area contributed by atoms with Gasteiger partial charge in [0.2, 0.25) is 0 Å². The van der Waals surface area contributed by atoms with Crippen molar-refractivity contribution in [3.05, 3.63) is 12.2 Å². The van der Waals surface area contributed by atoms with Gasteiger partial charge in [-0.05, 0) is 55.3 Å². The highest BCUT2D eigenvalue weighted by atomic mass is 16.3. The molecule has 0 aliphatic heterocycles. The quantitative estimate of drug-likeness (QED) is 0.618. The van der Waals surface area contributed by atoms with Gasteiger partial charge >= 0.3 is 0 Å². The van der Waals surface area contributed by atoms with Gasteiger partial charge in [-0.25, -0.2) is 0 Å². The molecule has 1 N–H and O–H groups in total. The van der Waals surface area contributed by atoms with Crippen LogP contribution in [0.4, 0.5) is 0 Å². The number of rotatable bonds is 0. The largest absolute Gasteiger partial charge is 0.393 e. The summed E-state index contributed by atoms with van der Waals surface area (Å²) in [5, 5.41) is 10.0. The number of aliphatic hydroxyl groups excluding tert-OH is 1. The van der Waals surface area contributed by atoms with Crippen LogP contribution in [0.2, 0.25) is 0 Å². The predicted molar refractivity (Wildman–Crippen MR) is 68.2 cm³/mol. The smallest absolute Gasteiger partial charge is 0.0568 e. The molecule has 0 aromatic heterocycles. The van der Waals surface area contributed by atoms with E-state index in [0.29, 0.717) is 11.3 Å². The number of hydrogen-bond donors (Lipinski definition) is 1. The average Bonchev–Trinajstić information content (AvgIpc) is 2.24. The molecular weight excluding hydrogens is 196 g/mol. The fraction of sp³-hybridized carbons (Fsp3) is 0.867. The summed E-state index contributed by atoms with van der Waals surface area (Å²) in [6.07, 6.45) is 5.60. The van der Waals surface area contributed by atoms with Crippen molar-refractivity contribution in [2.45, 2.75) is 59.0 Å². The van der Waals surface area contributed by atoms with E-state index in [1.165, 1.54) is 24.8 Å². The van der Waals surface area contributed by atoms with Crippen molar-refractivity contribution < 1.29 is 5.11 Å². The zero-order valence-corrected chi connectivity index (χ0v) is 11.0. The van der Waals surface area contributed by atoms with Crippen molar-refractivity contribution in [1.29, 1.82) is 0 Å². The molecule has 0 aromatic carbocycles. The van der Waals surface area contributed by atoms with E-state index in [1.807, 2.05) is 0 Å². The van der Waals surface area contributed by atoms with Crippen molar-refractivity contribution in [1.82, 2.24) is 0 Å². The maximum atomic E-state index is 10.0. The van der Waals surface area contributed by atoms with Gasteiger partial charge in [0.1, 0.15) is 0 Å². The Hall–Kier alpha value is -0.300. The molecule has 0 saturated heterocycles. The van der Waals surface area contributed by atoms with Crippen LogP contribution >= 0.6 is 0 Å². The van der Waals surface area contributed by atoms with Crippen molar-refractivity contribution >= 4 is 0 Å². The van der Waals surface area contributed by atoms with Crippen LogP contribution in [0.1, 0.15) is 52.9 Å². The summed E-state index contributed by atoms with van der Waals surface area (Å²) in [5.41, 5.74) is 1.90. The highest BCUT2D eigenvalue weighted by Crippen LogP contribution is 2.56. The van der Waals surface area contributed by atoms with E-state index < -0.39 is 0 Å². The molecule has 0 aromatic rings. The monoisotopic (exact) mass is 222 g/mol. The minimum absolute atomic E-state index is 0.114. The standard InChI is InChI=1S/C15H26O/c1-10-6-8-14(16)11(2)5-7-13-12(10)9-15(13,3)4/h11-14,16H,1,5-9H2,2-4H3/t11-,12+,13+,14?/m0/s1. The van der Waals surface area contributed by atoms with Crippen molar-refractivity contribution in [3.8, 4) is 0 Å². The van der Waals surface area contributed by atoms with Gasteiger partial charge in [-0.15, -0.1) is 0 Å². The zero-order valence-electron chi connectivity index (χ0n) is 11.0. The second kappa shape index (κ2) is 4.18. The first-order valence-electron chi connectivity index (χ1n) is 6.77. The molecule has 2 aliphatic carbocycles. The summed E-state index contributed by atoms with van der Waals surface area (Å²) in [4.78, 5) is 0. The maximum Gasteiger partial charge on any atom is 0.0568 e. The Morgan fingerprint density at radius 1 is 1.25 bits per heavy atom. The zero-order chi connectivity index (χ0) is 11.9. The van der Waals surface area contributed by atoms with E-state index in [2.05, 4.69) is 27.4 Å². The number of allylic oxidation sites excluding steroid dienone is 1. The SMILES string of the molecule is C=C1CCC(O)[C@@H](C)CC[C@@H]2[C@@H]1CC2(C)C. The van der Waals surface area contributed by atoms with Crippen LogP contribution in [0, 0.1) is 23.2 Å². The van der Waals surface area contributed by atoms with Gasteiger partial charge in [0.15, 0.2) is 0 Å². The minimum atomic E-state index is -0.114. The Morgan fingerprint density at radius 2 is 1.94 bits per heavy atom. The maximum absolute atomic E-state index is 10.0. The van der Waals surface area contributed by atoms with E-state index >= 15 is 0 Å². The van der Waals surface area contributed by atoms with Crippen molar-refractivity contribution in [3.63, 3.8) is 0 Å². The molecule has 4 atom stereocenters. The summed E-state index contributed by atoms with van der Waals surface area (Å²) < 4.78 is 0. The molecule has 0 spiro atoms. The molecule has 0 radical (unpaired) electrons. The molecular formula is C15H26O. The second-order valence-electron chi connectivity index (χ2n) is 6.72. The third-order valence-electron chi connectivity index (χ3n) is 5.11. The average molecular weight is 222 g/mol. The van der Waals surface area contributed by atoms with Crippen molar-refractivity contribution in [2.75, 3.05) is 0 Å². The molecule has 2 rings (SSSR count). The minimum Gasteiger partial charge on any atom is -0.393 e. The Morgan fingerprint density at radius 3 is 2.56 bits per heavy atom. The second-order valence-corrected chi connectivity index (χ2v) is 6.72. The Labute approximate surface area is 99.9 Å². The summed E-state index contributed by atoms with van der Waals surface area (Å²) >= 11 is 0. The first-order valence-corrected chi connectivity index (χ1v) is 6.77. The van der Waals surface area contributed by atoms with E-state index in [9.17, 15) is 5.11 Å². The first kappa shape index (κ1) is 12.2. The molecule has 92 valence electrons. The van der Waals surface area contributed by atoms with Gasteiger partial charge in [0.25, 0.3) is 0 Å². The molecule has 1 heteroatoms. The molecule has 1 unspecified atom stereocenters. The molecule has 2 fully saturated rings. The van der Waals surface area contributed by atoms with Gasteiger partial charge < -0.3 is 5.11 Å². The lowest BCUT2D eigenvalue weighted by molar-refractivity contribution is -0.000989. The molecule has 0 bridgehead atoms. The molecule has 0 amide bonds. The van der Waals surface area contributed by atoms with Gasteiger partial charge in [0.05, 0.1) is 6.10 Å². The molecule has 1 nitrogen and oxygen atoms in total. The van der Waals surface area contributed by atoms with E-state index in [0.717, 1.165) is 24.7 Å². The highest BCUT2D eigenvalue weighted by Gasteiger charge is 2.47. The summed E-state index contributed by atoms with van der Waals surface area (Å²) in [5.74, 6) is 2.02. The fourth-order valence-corrected chi connectivity index (χ4v) is 3.70. The van der Waals surface area contributed by atoms with E-state index in [1.54, 1.807) is 0 Å². The van der Waals surface area contributed by atoms with Crippen LogP contribution in [0.15, 0.2) is 12.2 Å². The third-order valence-corrected chi connectivity index (χ3v) is 5.11. The first-order chi connectivity index (χ1) is 7.42. The molecule has 2 aliphatic rings. The van der Waals surface area contributed by atoms with Gasteiger partial charge in [0, 0.05) is 0 Å². The van der Waals surface area contributed by atoms with Gasteiger partial charge in [-0.1, -0.05) is 32.9 Å². The topological polar surface area (TPSA) is 20.2 Å². The van der Waals surface area contributed by atoms with Crippen LogP contribution in [0.25, 0.3) is 0 Å². The number of aliphatic hydroxyl groups is 1. The summed E-state index contributed by atoms with van der Waals surface area (Å²) in [7, 11) is 0. The molecule has 16 heavy (non-hydrogen) atoms. The Kier molecular flexibility index (Phi) is 3.18. The number of fused-ring (bicyclic) bond motifs is 1. The van der Waals surface area contributed by atoms with Gasteiger partial charge in [-0.3, -0.25) is 0 Å². The fourth-order valence-electron chi connectivity index (χ4n) is 3.70.